The molecule has 7 heteroatoms. The molecule has 1 amide bonds. The van der Waals surface area contributed by atoms with Crippen molar-refractivity contribution < 1.29 is 9.53 Å². The third-order valence-corrected chi connectivity index (χ3v) is 5.07. The van der Waals surface area contributed by atoms with E-state index in [9.17, 15) is 4.79 Å². The molecule has 1 N–H and O–H groups in total. The summed E-state index contributed by atoms with van der Waals surface area (Å²) < 4.78 is 5.84. The molecule has 1 aromatic heterocycles. The number of benzene rings is 2. The summed E-state index contributed by atoms with van der Waals surface area (Å²) in [5, 5.41) is 5.78. The van der Waals surface area contributed by atoms with Gasteiger partial charge in [-0.1, -0.05) is 29.8 Å². The lowest BCUT2D eigenvalue weighted by Crippen LogP contribution is -2.12. The van der Waals surface area contributed by atoms with Crippen molar-refractivity contribution in [1.29, 1.82) is 0 Å². The van der Waals surface area contributed by atoms with Gasteiger partial charge in [0.25, 0.3) is 5.91 Å². The van der Waals surface area contributed by atoms with E-state index in [4.69, 9.17) is 16.3 Å². The van der Waals surface area contributed by atoms with Gasteiger partial charge in [-0.25, -0.2) is 4.98 Å². The van der Waals surface area contributed by atoms with E-state index in [2.05, 4.69) is 26.2 Å². The first kappa shape index (κ1) is 17.0. The maximum atomic E-state index is 12.5. The second-order valence-electron chi connectivity index (χ2n) is 4.82. The normalized spacial score (nSPS) is 10.5. The van der Waals surface area contributed by atoms with Gasteiger partial charge >= 0.3 is 0 Å². The van der Waals surface area contributed by atoms with Crippen molar-refractivity contribution in [3.05, 3.63) is 62.9 Å². The van der Waals surface area contributed by atoms with Crippen LogP contribution in [0.25, 0.3) is 11.3 Å². The summed E-state index contributed by atoms with van der Waals surface area (Å²) in [7, 11) is 1.56. The summed E-state index contributed by atoms with van der Waals surface area (Å²) in [6, 6.07) is 12.7. The molecule has 0 radical (unpaired) electrons. The third-order valence-electron chi connectivity index (χ3n) is 3.29. The highest BCUT2D eigenvalue weighted by Crippen LogP contribution is 2.31. The molecule has 0 atom stereocenters. The molecule has 0 aliphatic carbocycles. The molecule has 0 saturated heterocycles. The third kappa shape index (κ3) is 3.61. The van der Waals surface area contributed by atoms with E-state index in [1.54, 1.807) is 25.3 Å². The van der Waals surface area contributed by atoms with Crippen LogP contribution in [0.15, 0.2) is 52.3 Å². The Morgan fingerprint density at radius 3 is 2.83 bits per heavy atom. The number of hydrogen-bond acceptors (Lipinski definition) is 4. The fourth-order valence-electron chi connectivity index (χ4n) is 2.09. The van der Waals surface area contributed by atoms with Crippen molar-refractivity contribution in [2.45, 2.75) is 0 Å². The Morgan fingerprint density at radius 2 is 2.08 bits per heavy atom. The van der Waals surface area contributed by atoms with Crippen molar-refractivity contribution in [3.63, 3.8) is 0 Å². The first-order chi connectivity index (χ1) is 11.6. The van der Waals surface area contributed by atoms with Crippen LogP contribution in [-0.2, 0) is 0 Å². The minimum absolute atomic E-state index is 0.263. The number of anilines is 1. The molecule has 0 fully saturated rings. The second-order valence-corrected chi connectivity index (χ2v) is 6.94. The largest absolute Gasteiger partial charge is 0.497 e. The Bertz CT molecular complexity index is 898. The second kappa shape index (κ2) is 7.34. The summed E-state index contributed by atoms with van der Waals surface area (Å²) in [6.45, 7) is 0. The topological polar surface area (TPSA) is 51.2 Å². The highest BCUT2D eigenvalue weighted by atomic mass is 79.9. The van der Waals surface area contributed by atoms with Crippen molar-refractivity contribution in [2.75, 3.05) is 12.4 Å². The predicted octanol–water partition coefficient (Wildman–Crippen LogP) is 5.49. The fourth-order valence-corrected chi connectivity index (χ4v) is 3.46. The van der Waals surface area contributed by atoms with Crippen molar-refractivity contribution in [1.82, 2.24) is 4.98 Å². The molecule has 4 nitrogen and oxygen atoms in total. The molecule has 24 heavy (non-hydrogen) atoms. The van der Waals surface area contributed by atoms with E-state index in [1.807, 2.05) is 29.6 Å². The molecular weight excluding hydrogens is 412 g/mol. The van der Waals surface area contributed by atoms with Gasteiger partial charge in [-0.15, -0.1) is 11.3 Å². The lowest BCUT2D eigenvalue weighted by atomic mass is 10.2. The molecule has 0 bridgehead atoms. The zero-order valence-electron chi connectivity index (χ0n) is 12.5. The molecule has 0 unspecified atom stereocenters. The Morgan fingerprint density at radius 1 is 1.29 bits per heavy atom. The van der Waals surface area contributed by atoms with Crippen LogP contribution >= 0.6 is 38.9 Å². The van der Waals surface area contributed by atoms with E-state index < -0.39 is 0 Å². The number of rotatable bonds is 4. The molecule has 2 aromatic carbocycles. The van der Waals surface area contributed by atoms with E-state index in [-0.39, 0.29) is 5.91 Å². The SMILES string of the molecule is COc1ccc(Br)c(C(=O)Nc2nc(-c3ccccc3Cl)cs2)c1. The molecule has 0 saturated carbocycles. The molecule has 0 aliphatic heterocycles. The minimum Gasteiger partial charge on any atom is -0.497 e. The van der Waals surface area contributed by atoms with Gasteiger partial charge in [-0.3, -0.25) is 10.1 Å². The molecule has 3 aromatic rings. The van der Waals surface area contributed by atoms with Crippen LogP contribution in [0, 0.1) is 0 Å². The van der Waals surface area contributed by atoms with Gasteiger partial charge in [0, 0.05) is 20.4 Å². The van der Waals surface area contributed by atoms with Crippen LogP contribution in [0.2, 0.25) is 5.02 Å². The summed E-state index contributed by atoms with van der Waals surface area (Å²) in [6.07, 6.45) is 0. The summed E-state index contributed by atoms with van der Waals surface area (Å²) in [5.74, 6) is 0.347. The highest BCUT2D eigenvalue weighted by Gasteiger charge is 2.14. The van der Waals surface area contributed by atoms with E-state index in [0.29, 0.717) is 25.9 Å². The number of aromatic nitrogens is 1. The Balaban J connectivity index is 1.82. The number of halogens is 2. The number of thiazole rings is 1. The van der Waals surface area contributed by atoms with Gasteiger partial charge in [0.2, 0.25) is 0 Å². The number of hydrogen-bond donors (Lipinski definition) is 1. The summed E-state index contributed by atoms with van der Waals surface area (Å²) in [5.41, 5.74) is 2.04. The number of amides is 1. The van der Waals surface area contributed by atoms with Gasteiger partial charge in [0.1, 0.15) is 5.75 Å². The van der Waals surface area contributed by atoms with Crippen LogP contribution in [0.4, 0.5) is 5.13 Å². The number of methoxy groups -OCH3 is 1. The van der Waals surface area contributed by atoms with E-state index >= 15 is 0 Å². The van der Waals surface area contributed by atoms with Gasteiger partial charge in [-0.2, -0.15) is 0 Å². The first-order valence-corrected chi connectivity index (χ1v) is 8.99. The number of carbonyl (C=O) groups excluding carboxylic acids is 1. The average molecular weight is 424 g/mol. The monoisotopic (exact) mass is 422 g/mol. The maximum absolute atomic E-state index is 12.5. The summed E-state index contributed by atoms with van der Waals surface area (Å²) in [4.78, 5) is 16.9. The van der Waals surface area contributed by atoms with Crippen LogP contribution in [0.5, 0.6) is 5.75 Å². The Hall–Kier alpha value is -1.89. The fraction of sp³-hybridized carbons (Fsp3) is 0.0588. The highest BCUT2D eigenvalue weighted by molar-refractivity contribution is 9.10. The zero-order chi connectivity index (χ0) is 17.1. The van der Waals surface area contributed by atoms with Crippen molar-refractivity contribution in [2.24, 2.45) is 0 Å². The number of ether oxygens (including phenoxy) is 1. The maximum Gasteiger partial charge on any atom is 0.258 e. The molecular formula is C17H12BrClN2O2S. The number of nitrogens with one attached hydrogen (secondary N) is 1. The van der Waals surface area contributed by atoms with Crippen LogP contribution < -0.4 is 10.1 Å². The number of carbonyl (C=O) groups is 1. The van der Waals surface area contributed by atoms with E-state index in [0.717, 1.165) is 11.3 Å². The van der Waals surface area contributed by atoms with Crippen molar-refractivity contribution in [3.8, 4) is 17.0 Å². The minimum atomic E-state index is -0.263. The van der Waals surface area contributed by atoms with Gasteiger partial charge in [-0.05, 0) is 40.2 Å². The van der Waals surface area contributed by atoms with Crippen LogP contribution in [-0.4, -0.2) is 18.0 Å². The molecule has 0 spiro atoms. The quantitative estimate of drug-likeness (QED) is 0.604. The molecule has 3 rings (SSSR count). The first-order valence-electron chi connectivity index (χ1n) is 6.94. The van der Waals surface area contributed by atoms with Crippen molar-refractivity contribution >= 4 is 49.9 Å². The standard InChI is InChI=1S/C17H12BrClN2O2S/c1-23-10-6-7-13(18)12(8-10)16(22)21-17-20-15(9-24-17)11-4-2-3-5-14(11)19/h2-9H,1H3,(H,20,21,22). The molecule has 0 aliphatic rings. The smallest absolute Gasteiger partial charge is 0.258 e. The van der Waals surface area contributed by atoms with E-state index in [1.165, 1.54) is 11.3 Å². The average Bonchev–Trinajstić information content (AvgIpc) is 3.04. The Kier molecular flexibility index (Phi) is 5.18. The predicted molar refractivity (Wildman–Crippen MR) is 101 cm³/mol. The van der Waals surface area contributed by atoms with Crippen LogP contribution in [0.3, 0.4) is 0 Å². The van der Waals surface area contributed by atoms with Gasteiger partial charge in [0.15, 0.2) is 5.13 Å². The van der Waals surface area contributed by atoms with Crippen LogP contribution in [0.1, 0.15) is 10.4 Å². The Labute approximate surface area is 156 Å². The lowest BCUT2D eigenvalue weighted by molar-refractivity contribution is 0.102. The zero-order valence-corrected chi connectivity index (χ0v) is 15.7. The summed E-state index contributed by atoms with van der Waals surface area (Å²) >= 11 is 10.9. The number of nitrogens with zero attached hydrogens (tertiary/aromatic N) is 1. The van der Waals surface area contributed by atoms with Gasteiger partial charge < -0.3 is 4.74 Å². The van der Waals surface area contributed by atoms with Gasteiger partial charge in [0.05, 0.1) is 18.4 Å². The molecule has 1 heterocycles. The molecule has 122 valence electrons. The lowest BCUT2D eigenvalue weighted by Gasteiger charge is -2.06.